The highest BCUT2D eigenvalue weighted by atomic mass is 16.1. The molecule has 0 saturated heterocycles. The van der Waals surface area contributed by atoms with Crippen LogP contribution in [0.2, 0.25) is 0 Å². The van der Waals surface area contributed by atoms with E-state index in [1.807, 2.05) is 38.9 Å². The molecule has 0 heterocycles. The molecule has 0 spiro atoms. The van der Waals surface area contributed by atoms with Gasteiger partial charge in [0, 0.05) is 6.42 Å². The number of unbranched alkanes of at least 4 members (excludes halogenated alkanes) is 3. The maximum absolute atomic E-state index is 11.9. The van der Waals surface area contributed by atoms with Gasteiger partial charge in [0.15, 0.2) is 5.78 Å². The number of Topliss-reactive ketones (excluding diaryl/α,β-unsaturated/α-hetero) is 1. The Hall–Kier alpha value is -0.630. The van der Waals surface area contributed by atoms with Crippen LogP contribution in [0.25, 0.3) is 0 Å². The molecule has 0 aromatic heterocycles. The fourth-order valence-corrected chi connectivity index (χ4v) is 1.31. The van der Waals surface area contributed by atoms with Gasteiger partial charge in [-0.25, -0.2) is 0 Å². The monoisotopic (exact) mass is 211 g/mol. The van der Waals surface area contributed by atoms with Crippen molar-refractivity contribution in [3.05, 3.63) is 12.7 Å². The number of carbonyl (C=O) groups excluding carboxylic acids is 1. The van der Waals surface area contributed by atoms with Gasteiger partial charge >= 0.3 is 0 Å². The first-order valence-corrected chi connectivity index (χ1v) is 5.74. The van der Waals surface area contributed by atoms with Crippen molar-refractivity contribution in [1.29, 1.82) is 0 Å². The second-order valence-corrected chi connectivity index (χ2v) is 4.76. The molecule has 0 aliphatic heterocycles. The summed E-state index contributed by atoms with van der Waals surface area (Å²) in [5.41, 5.74) is -0.321. The van der Waals surface area contributed by atoms with Gasteiger partial charge in [0.2, 0.25) is 0 Å². The van der Waals surface area contributed by atoms with Crippen LogP contribution in [0.4, 0.5) is 0 Å². The third-order valence-corrected chi connectivity index (χ3v) is 3.11. The van der Waals surface area contributed by atoms with Gasteiger partial charge in [-0.05, 0) is 47.2 Å². The van der Waals surface area contributed by atoms with Gasteiger partial charge in [0.05, 0.1) is 5.54 Å². The quantitative estimate of drug-likeness (QED) is 0.454. The SMILES string of the molecule is C=CCCCCCC(=O)C(C)(C)N(C)C. The Labute approximate surface area is 94.4 Å². The van der Waals surface area contributed by atoms with E-state index in [2.05, 4.69) is 6.58 Å². The highest BCUT2D eigenvalue weighted by molar-refractivity contribution is 5.87. The molecule has 0 aliphatic rings. The van der Waals surface area contributed by atoms with Crippen molar-refractivity contribution in [2.75, 3.05) is 14.1 Å². The van der Waals surface area contributed by atoms with Gasteiger partial charge < -0.3 is 0 Å². The van der Waals surface area contributed by atoms with Crippen LogP contribution >= 0.6 is 0 Å². The lowest BCUT2D eigenvalue weighted by Crippen LogP contribution is -2.45. The van der Waals surface area contributed by atoms with E-state index in [-0.39, 0.29) is 5.54 Å². The molecule has 0 aliphatic carbocycles. The maximum Gasteiger partial charge on any atom is 0.152 e. The summed E-state index contributed by atoms with van der Waals surface area (Å²) in [7, 11) is 3.91. The number of likely N-dealkylation sites (N-methyl/N-ethyl adjacent to an activating group) is 1. The smallest absolute Gasteiger partial charge is 0.152 e. The molecular weight excluding hydrogens is 186 g/mol. The van der Waals surface area contributed by atoms with Crippen molar-refractivity contribution in [1.82, 2.24) is 4.90 Å². The fraction of sp³-hybridized carbons (Fsp3) is 0.769. The van der Waals surface area contributed by atoms with Gasteiger partial charge in [-0.1, -0.05) is 12.5 Å². The van der Waals surface area contributed by atoms with Crippen molar-refractivity contribution in [2.24, 2.45) is 0 Å². The van der Waals surface area contributed by atoms with Crippen LogP contribution in [0.3, 0.4) is 0 Å². The Kier molecular flexibility index (Phi) is 6.50. The molecule has 0 fully saturated rings. The van der Waals surface area contributed by atoms with E-state index < -0.39 is 0 Å². The first-order valence-electron chi connectivity index (χ1n) is 5.74. The zero-order valence-corrected chi connectivity index (χ0v) is 10.7. The Bertz CT molecular complexity index is 207. The molecule has 0 aromatic rings. The number of hydrogen-bond acceptors (Lipinski definition) is 2. The largest absolute Gasteiger partial charge is 0.298 e. The second kappa shape index (κ2) is 6.78. The molecule has 0 saturated carbocycles. The third-order valence-electron chi connectivity index (χ3n) is 3.11. The zero-order valence-electron chi connectivity index (χ0n) is 10.7. The van der Waals surface area contributed by atoms with Crippen LogP contribution in [0.15, 0.2) is 12.7 Å². The first-order chi connectivity index (χ1) is 6.92. The number of rotatable bonds is 8. The molecule has 0 radical (unpaired) electrons. The van der Waals surface area contributed by atoms with Crippen molar-refractivity contribution < 1.29 is 4.79 Å². The van der Waals surface area contributed by atoms with E-state index in [1.165, 1.54) is 0 Å². The topological polar surface area (TPSA) is 20.3 Å². The summed E-state index contributed by atoms with van der Waals surface area (Å²) >= 11 is 0. The number of hydrogen-bond donors (Lipinski definition) is 0. The minimum atomic E-state index is -0.321. The predicted octanol–water partition coefficient (Wildman–Crippen LogP) is 3.03. The highest BCUT2D eigenvalue weighted by Gasteiger charge is 2.28. The van der Waals surface area contributed by atoms with E-state index in [4.69, 9.17) is 0 Å². The summed E-state index contributed by atoms with van der Waals surface area (Å²) in [4.78, 5) is 13.9. The number of ketones is 1. The second-order valence-electron chi connectivity index (χ2n) is 4.76. The van der Waals surface area contributed by atoms with Crippen molar-refractivity contribution in [2.45, 2.75) is 51.5 Å². The summed E-state index contributed by atoms with van der Waals surface area (Å²) in [6.45, 7) is 7.65. The van der Waals surface area contributed by atoms with E-state index in [1.54, 1.807) is 0 Å². The van der Waals surface area contributed by atoms with Crippen molar-refractivity contribution >= 4 is 5.78 Å². The molecule has 0 unspecified atom stereocenters. The van der Waals surface area contributed by atoms with Crippen LogP contribution in [-0.4, -0.2) is 30.3 Å². The molecule has 0 amide bonds. The summed E-state index contributed by atoms with van der Waals surface area (Å²) in [5.74, 6) is 0.339. The van der Waals surface area contributed by atoms with Gasteiger partial charge in [-0.3, -0.25) is 9.69 Å². The average molecular weight is 211 g/mol. The van der Waals surface area contributed by atoms with Crippen LogP contribution in [0.1, 0.15) is 46.0 Å². The standard InChI is InChI=1S/C13H25NO/c1-6-7-8-9-10-11-12(15)13(2,3)14(4)5/h6H,1,7-11H2,2-5H3. The van der Waals surface area contributed by atoms with Crippen molar-refractivity contribution in [3.8, 4) is 0 Å². The fourth-order valence-electron chi connectivity index (χ4n) is 1.31. The van der Waals surface area contributed by atoms with Gasteiger partial charge in [0.1, 0.15) is 0 Å². The molecule has 0 N–H and O–H groups in total. The summed E-state index contributed by atoms with van der Waals surface area (Å²) < 4.78 is 0. The van der Waals surface area contributed by atoms with Gasteiger partial charge in [0.25, 0.3) is 0 Å². The zero-order chi connectivity index (χ0) is 11.9. The normalized spacial score (nSPS) is 11.8. The molecule has 0 aromatic carbocycles. The van der Waals surface area contributed by atoms with E-state index in [0.29, 0.717) is 12.2 Å². The molecule has 0 rings (SSSR count). The Morgan fingerprint density at radius 1 is 1.27 bits per heavy atom. The lowest BCUT2D eigenvalue weighted by atomic mass is 9.93. The van der Waals surface area contributed by atoms with Crippen molar-refractivity contribution in [3.63, 3.8) is 0 Å². The maximum atomic E-state index is 11.9. The number of allylic oxidation sites excluding steroid dienone is 1. The first kappa shape index (κ1) is 14.4. The minimum absolute atomic E-state index is 0.321. The van der Waals surface area contributed by atoms with Crippen LogP contribution in [0.5, 0.6) is 0 Å². The van der Waals surface area contributed by atoms with E-state index in [0.717, 1.165) is 25.7 Å². The average Bonchev–Trinajstić information content (AvgIpc) is 2.16. The molecule has 88 valence electrons. The minimum Gasteiger partial charge on any atom is -0.298 e. The Morgan fingerprint density at radius 3 is 2.33 bits per heavy atom. The number of carbonyl (C=O) groups is 1. The van der Waals surface area contributed by atoms with Crippen LogP contribution < -0.4 is 0 Å². The van der Waals surface area contributed by atoms with Gasteiger partial charge in [-0.2, -0.15) is 0 Å². The Morgan fingerprint density at radius 2 is 1.87 bits per heavy atom. The third kappa shape index (κ3) is 5.12. The van der Waals surface area contributed by atoms with Gasteiger partial charge in [-0.15, -0.1) is 6.58 Å². The molecule has 0 bridgehead atoms. The molecule has 2 heteroatoms. The molecule has 15 heavy (non-hydrogen) atoms. The molecular formula is C13H25NO. The highest BCUT2D eigenvalue weighted by Crippen LogP contribution is 2.16. The lowest BCUT2D eigenvalue weighted by molar-refractivity contribution is -0.128. The summed E-state index contributed by atoms with van der Waals surface area (Å²) in [6, 6.07) is 0. The lowest BCUT2D eigenvalue weighted by Gasteiger charge is -2.30. The number of nitrogens with zero attached hydrogens (tertiary/aromatic N) is 1. The molecule has 0 atom stereocenters. The molecule has 2 nitrogen and oxygen atoms in total. The Balaban J connectivity index is 3.79. The van der Waals surface area contributed by atoms with E-state index >= 15 is 0 Å². The predicted molar refractivity (Wildman–Crippen MR) is 66.1 cm³/mol. The van der Waals surface area contributed by atoms with E-state index in [9.17, 15) is 4.79 Å². The van der Waals surface area contributed by atoms with Crippen LogP contribution in [0, 0.1) is 0 Å². The summed E-state index contributed by atoms with van der Waals surface area (Å²) in [6.07, 6.45) is 6.98. The van der Waals surface area contributed by atoms with Crippen LogP contribution in [-0.2, 0) is 4.79 Å². The summed E-state index contributed by atoms with van der Waals surface area (Å²) in [5, 5.41) is 0.